The second-order valence-electron chi connectivity index (χ2n) is 5.18. The summed E-state index contributed by atoms with van der Waals surface area (Å²) >= 11 is 1.44. The number of benzene rings is 1. The van der Waals surface area contributed by atoms with Crippen molar-refractivity contribution in [1.29, 1.82) is 0 Å². The van der Waals surface area contributed by atoms with Gasteiger partial charge in [-0.1, -0.05) is 18.2 Å². The lowest BCUT2D eigenvalue weighted by molar-refractivity contribution is 0.0526. The Morgan fingerprint density at radius 1 is 1.30 bits per heavy atom. The van der Waals surface area contributed by atoms with E-state index in [1.165, 1.54) is 11.3 Å². The van der Waals surface area contributed by atoms with E-state index in [1.807, 2.05) is 18.2 Å². The monoisotopic (exact) mass is 330 g/mol. The van der Waals surface area contributed by atoms with E-state index in [1.54, 1.807) is 19.1 Å². The molecule has 5 nitrogen and oxygen atoms in total. The molecule has 3 rings (SSSR count). The predicted molar refractivity (Wildman–Crippen MR) is 90.1 cm³/mol. The zero-order valence-electron chi connectivity index (χ0n) is 12.8. The van der Waals surface area contributed by atoms with Crippen molar-refractivity contribution in [3.05, 3.63) is 51.9 Å². The van der Waals surface area contributed by atoms with Crippen molar-refractivity contribution >= 4 is 28.2 Å². The number of ether oxygens (including phenoxy) is 1. The van der Waals surface area contributed by atoms with Gasteiger partial charge >= 0.3 is 5.97 Å². The minimum absolute atomic E-state index is 0.220. The lowest BCUT2D eigenvalue weighted by atomic mass is 10.0. The molecule has 0 radical (unpaired) electrons. The second-order valence-corrected chi connectivity index (χ2v) is 6.28. The highest BCUT2D eigenvalue weighted by molar-refractivity contribution is 7.17. The Hall–Kier alpha value is -2.18. The van der Waals surface area contributed by atoms with Crippen molar-refractivity contribution in [2.75, 3.05) is 18.5 Å². The van der Waals surface area contributed by atoms with Crippen LogP contribution in [-0.4, -0.2) is 25.0 Å². The lowest BCUT2D eigenvalue weighted by Gasteiger charge is -2.13. The maximum atomic E-state index is 12.4. The molecular formula is C17H18N2O3S. The summed E-state index contributed by atoms with van der Waals surface area (Å²) in [5, 5.41) is 6.73. The fourth-order valence-corrected chi connectivity index (χ4v) is 3.81. The van der Waals surface area contributed by atoms with Crippen LogP contribution in [0.1, 0.15) is 38.1 Å². The molecule has 2 heterocycles. The molecule has 1 aromatic heterocycles. The van der Waals surface area contributed by atoms with E-state index in [0.29, 0.717) is 29.3 Å². The molecule has 0 unspecified atom stereocenters. The number of carbonyl (C=O) groups is 2. The molecule has 0 saturated carbocycles. The minimum Gasteiger partial charge on any atom is -0.462 e. The van der Waals surface area contributed by atoms with E-state index in [0.717, 1.165) is 23.4 Å². The molecule has 0 saturated heterocycles. The molecule has 1 amide bonds. The molecular weight excluding hydrogens is 312 g/mol. The SMILES string of the molecule is CCOC(=O)c1c(NC(=O)c2ccccc2)sc2c1CCNC2. The Morgan fingerprint density at radius 3 is 2.83 bits per heavy atom. The summed E-state index contributed by atoms with van der Waals surface area (Å²) in [7, 11) is 0. The van der Waals surface area contributed by atoms with Crippen molar-refractivity contribution < 1.29 is 14.3 Å². The Labute approximate surface area is 138 Å². The molecule has 2 N–H and O–H groups in total. The third-order valence-corrected chi connectivity index (χ3v) is 4.82. The summed E-state index contributed by atoms with van der Waals surface area (Å²) in [5.74, 6) is -0.585. The Kier molecular flexibility index (Phi) is 4.73. The van der Waals surface area contributed by atoms with Gasteiger partial charge in [-0.05, 0) is 37.6 Å². The summed E-state index contributed by atoms with van der Waals surface area (Å²) in [6.45, 7) is 3.63. The Morgan fingerprint density at radius 2 is 2.09 bits per heavy atom. The number of nitrogens with one attached hydrogen (secondary N) is 2. The number of esters is 1. The predicted octanol–water partition coefficient (Wildman–Crippen LogP) is 2.82. The maximum Gasteiger partial charge on any atom is 0.341 e. The molecule has 1 aromatic carbocycles. The highest BCUT2D eigenvalue weighted by Crippen LogP contribution is 2.36. The van der Waals surface area contributed by atoms with Crippen LogP contribution in [0.3, 0.4) is 0 Å². The number of carbonyl (C=O) groups excluding carboxylic acids is 2. The highest BCUT2D eigenvalue weighted by atomic mass is 32.1. The zero-order valence-corrected chi connectivity index (χ0v) is 13.7. The van der Waals surface area contributed by atoms with Gasteiger partial charge in [0.1, 0.15) is 5.00 Å². The number of anilines is 1. The standard InChI is InChI=1S/C17H18N2O3S/c1-2-22-17(21)14-12-8-9-18-10-13(12)23-16(14)19-15(20)11-6-4-3-5-7-11/h3-7,18H,2,8-10H2,1H3,(H,19,20). The molecule has 1 aliphatic rings. The Balaban J connectivity index is 1.93. The van der Waals surface area contributed by atoms with E-state index < -0.39 is 0 Å². The Bertz CT molecular complexity index is 725. The molecule has 120 valence electrons. The van der Waals surface area contributed by atoms with Crippen LogP contribution in [-0.2, 0) is 17.7 Å². The van der Waals surface area contributed by atoms with E-state index >= 15 is 0 Å². The first-order valence-corrected chi connectivity index (χ1v) is 8.41. The molecule has 0 fully saturated rings. The average Bonchev–Trinajstić information content (AvgIpc) is 2.93. The highest BCUT2D eigenvalue weighted by Gasteiger charge is 2.27. The van der Waals surface area contributed by atoms with Gasteiger partial charge in [-0.25, -0.2) is 4.79 Å². The van der Waals surface area contributed by atoms with Crippen LogP contribution in [0.2, 0.25) is 0 Å². The van der Waals surface area contributed by atoms with Crippen LogP contribution in [0, 0.1) is 0 Å². The van der Waals surface area contributed by atoms with Crippen LogP contribution in [0.15, 0.2) is 30.3 Å². The van der Waals surface area contributed by atoms with Gasteiger partial charge in [-0.3, -0.25) is 4.79 Å². The molecule has 0 atom stereocenters. The zero-order chi connectivity index (χ0) is 16.2. The van der Waals surface area contributed by atoms with Gasteiger partial charge in [0.15, 0.2) is 0 Å². The topological polar surface area (TPSA) is 67.4 Å². The van der Waals surface area contributed by atoms with E-state index in [9.17, 15) is 9.59 Å². The number of fused-ring (bicyclic) bond motifs is 1. The lowest BCUT2D eigenvalue weighted by Crippen LogP contribution is -2.23. The van der Waals surface area contributed by atoms with Gasteiger partial charge in [-0.15, -0.1) is 11.3 Å². The summed E-state index contributed by atoms with van der Waals surface area (Å²) in [4.78, 5) is 25.8. The molecule has 0 aliphatic carbocycles. The number of hydrogen-bond donors (Lipinski definition) is 2. The second kappa shape index (κ2) is 6.93. The van der Waals surface area contributed by atoms with Gasteiger partial charge < -0.3 is 15.4 Å². The minimum atomic E-state index is -0.365. The van der Waals surface area contributed by atoms with E-state index in [2.05, 4.69) is 10.6 Å². The number of rotatable bonds is 4. The first-order chi connectivity index (χ1) is 11.2. The molecule has 23 heavy (non-hydrogen) atoms. The number of amides is 1. The van der Waals surface area contributed by atoms with Gasteiger partial charge in [0.25, 0.3) is 5.91 Å². The van der Waals surface area contributed by atoms with Crippen molar-refractivity contribution in [2.45, 2.75) is 19.9 Å². The molecule has 6 heteroatoms. The normalized spacial score (nSPS) is 13.3. The van der Waals surface area contributed by atoms with Gasteiger partial charge in [0.05, 0.1) is 12.2 Å². The van der Waals surface area contributed by atoms with Crippen LogP contribution < -0.4 is 10.6 Å². The van der Waals surface area contributed by atoms with Crippen LogP contribution >= 0.6 is 11.3 Å². The first-order valence-electron chi connectivity index (χ1n) is 7.59. The fourth-order valence-electron chi connectivity index (χ4n) is 2.61. The third kappa shape index (κ3) is 3.28. The van der Waals surface area contributed by atoms with Crippen LogP contribution in [0.25, 0.3) is 0 Å². The third-order valence-electron chi connectivity index (χ3n) is 3.67. The largest absolute Gasteiger partial charge is 0.462 e. The maximum absolute atomic E-state index is 12.4. The summed E-state index contributed by atoms with van der Waals surface area (Å²) in [6, 6.07) is 8.97. The van der Waals surface area contributed by atoms with E-state index in [-0.39, 0.29) is 11.9 Å². The van der Waals surface area contributed by atoms with Crippen molar-refractivity contribution in [3.63, 3.8) is 0 Å². The van der Waals surface area contributed by atoms with E-state index in [4.69, 9.17) is 4.74 Å². The van der Waals surface area contributed by atoms with Crippen LogP contribution in [0.5, 0.6) is 0 Å². The van der Waals surface area contributed by atoms with Crippen LogP contribution in [0.4, 0.5) is 5.00 Å². The quantitative estimate of drug-likeness (QED) is 0.846. The average molecular weight is 330 g/mol. The summed E-state index contributed by atoms with van der Waals surface area (Å²) < 4.78 is 5.18. The van der Waals surface area contributed by atoms with Gasteiger partial charge in [-0.2, -0.15) is 0 Å². The van der Waals surface area contributed by atoms with Crippen molar-refractivity contribution in [3.8, 4) is 0 Å². The summed E-state index contributed by atoms with van der Waals surface area (Å²) in [6.07, 6.45) is 0.765. The smallest absolute Gasteiger partial charge is 0.341 e. The molecule has 1 aliphatic heterocycles. The number of hydrogen-bond acceptors (Lipinski definition) is 5. The number of thiophene rings is 1. The molecule has 0 bridgehead atoms. The first kappa shape index (κ1) is 15.7. The summed E-state index contributed by atoms with van der Waals surface area (Å²) in [5.41, 5.74) is 2.07. The molecule has 0 spiro atoms. The van der Waals surface area contributed by atoms with Crippen molar-refractivity contribution in [2.24, 2.45) is 0 Å². The van der Waals surface area contributed by atoms with Gasteiger partial charge in [0, 0.05) is 17.0 Å². The van der Waals surface area contributed by atoms with Gasteiger partial charge in [0.2, 0.25) is 0 Å². The fraction of sp³-hybridized carbons (Fsp3) is 0.294. The van der Waals surface area contributed by atoms with Crippen molar-refractivity contribution in [1.82, 2.24) is 5.32 Å². The molecule has 2 aromatic rings.